The highest BCUT2D eigenvalue weighted by molar-refractivity contribution is 5.72. The predicted molar refractivity (Wildman–Crippen MR) is 113 cm³/mol. The number of rotatable bonds is 16. The second kappa shape index (κ2) is 14.0. The molecule has 0 spiro atoms. The molecular formula is C23H42O6. The number of hydrogen-bond donors (Lipinski definition) is 4. The molecule has 1 fully saturated rings. The number of carboxylic acid groups (broad SMARTS) is 2. The standard InChI is InChI=1S/C23H42O6/c1-18(19-12-8-6-9-13-19)11-7-4-2-3-5-10-14-20(24)15-23(29,16-21(25)26)17-22(27)28/h18-20,24,29H,2-17H2,1H3,(H,25,26)(H,27,28). The van der Waals surface area contributed by atoms with Crippen LogP contribution in [0.25, 0.3) is 0 Å². The van der Waals surface area contributed by atoms with E-state index in [0.29, 0.717) is 6.42 Å². The molecule has 0 aromatic carbocycles. The van der Waals surface area contributed by atoms with Crippen LogP contribution in [0.5, 0.6) is 0 Å². The third kappa shape index (κ3) is 12.2. The van der Waals surface area contributed by atoms with Gasteiger partial charge in [-0.15, -0.1) is 0 Å². The Bertz CT molecular complexity index is 456. The van der Waals surface area contributed by atoms with Crippen molar-refractivity contribution in [1.82, 2.24) is 0 Å². The van der Waals surface area contributed by atoms with Crippen molar-refractivity contribution in [3.05, 3.63) is 0 Å². The first kappa shape index (κ1) is 25.9. The van der Waals surface area contributed by atoms with Crippen LogP contribution in [0.15, 0.2) is 0 Å². The maximum atomic E-state index is 10.9. The topological polar surface area (TPSA) is 115 Å². The van der Waals surface area contributed by atoms with Crippen LogP contribution >= 0.6 is 0 Å². The van der Waals surface area contributed by atoms with Crippen LogP contribution < -0.4 is 0 Å². The maximum Gasteiger partial charge on any atom is 0.306 e. The monoisotopic (exact) mass is 414 g/mol. The molecule has 170 valence electrons. The van der Waals surface area contributed by atoms with Gasteiger partial charge in [-0.05, 0) is 18.3 Å². The average molecular weight is 415 g/mol. The lowest BCUT2D eigenvalue weighted by atomic mass is 9.79. The summed E-state index contributed by atoms with van der Waals surface area (Å²) in [6, 6.07) is 0. The Hall–Kier alpha value is -1.14. The summed E-state index contributed by atoms with van der Waals surface area (Å²) in [5.74, 6) is -0.746. The van der Waals surface area contributed by atoms with Gasteiger partial charge in [0.1, 0.15) is 0 Å². The second-order valence-corrected chi connectivity index (χ2v) is 9.30. The molecule has 0 radical (unpaired) electrons. The van der Waals surface area contributed by atoms with Crippen molar-refractivity contribution >= 4 is 11.9 Å². The molecule has 1 aliphatic rings. The highest BCUT2D eigenvalue weighted by Gasteiger charge is 2.35. The molecule has 0 saturated heterocycles. The first-order chi connectivity index (χ1) is 13.7. The molecule has 4 N–H and O–H groups in total. The van der Waals surface area contributed by atoms with Crippen LogP contribution in [-0.4, -0.2) is 44.1 Å². The van der Waals surface area contributed by atoms with Gasteiger partial charge in [-0.1, -0.05) is 84.0 Å². The van der Waals surface area contributed by atoms with Crippen molar-refractivity contribution in [2.75, 3.05) is 0 Å². The van der Waals surface area contributed by atoms with E-state index in [-0.39, 0.29) is 6.42 Å². The molecule has 6 nitrogen and oxygen atoms in total. The van der Waals surface area contributed by atoms with Gasteiger partial charge in [0.05, 0.1) is 24.5 Å². The van der Waals surface area contributed by atoms with Crippen molar-refractivity contribution in [3.8, 4) is 0 Å². The van der Waals surface area contributed by atoms with E-state index < -0.39 is 36.5 Å². The fourth-order valence-corrected chi connectivity index (χ4v) is 4.80. The van der Waals surface area contributed by atoms with E-state index in [9.17, 15) is 19.8 Å². The Morgan fingerprint density at radius 2 is 1.34 bits per heavy atom. The lowest BCUT2D eigenvalue weighted by molar-refractivity contribution is -0.150. The Labute approximate surface area is 175 Å². The van der Waals surface area contributed by atoms with Gasteiger partial charge in [0.2, 0.25) is 0 Å². The molecule has 2 unspecified atom stereocenters. The number of aliphatic hydroxyl groups is 2. The number of carbonyl (C=O) groups is 2. The molecule has 0 amide bonds. The number of aliphatic hydroxyl groups excluding tert-OH is 1. The molecule has 0 aromatic rings. The van der Waals surface area contributed by atoms with Crippen LogP contribution in [0.3, 0.4) is 0 Å². The Morgan fingerprint density at radius 3 is 1.86 bits per heavy atom. The summed E-state index contributed by atoms with van der Waals surface area (Å²) in [5, 5.41) is 38.1. The average Bonchev–Trinajstić information content (AvgIpc) is 2.62. The summed E-state index contributed by atoms with van der Waals surface area (Å²) in [4.78, 5) is 21.7. The Kier molecular flexibility index (Phi) is 12.5. The van der Waals surface area contributed by atoms with Crippen molar-refractivity contribution in [2.24, 2.45) is 11.8 Å². The fourth-order valence-electron chi connectivity index (χ4n) is 4.80. The summed E-state index contributed by atoms with van der Waals surface area (Å²) < 4.78 is 0. The van der Waals surface area contributed by atoms with Gasteiger partial charge in [0.15, 0.2) is 0 Å². The molecule has 1 aliphatic carbocycles. The second-order valence-electron chi connectivity index (χ2n) is 9.30. The maximum absolute atomic E-state index is 10.9. The number of unbranched alkanes of at least 4 members (excludes halogenated alkanes) is 5. The zero-order valence-corrected chi connectivity index (χ0v) is 18.2. The zero-order valence-electron chi connectivity index (χ0n) is 18.2. The van der Waals surface area contributed by atoms with Gasteiger partial charge >= 0.3 is 11.9 Å². The summed E-state index contributed by atoms with van der Waals surface area (Å²) in [6.45, 7) is 2.41. The van der Waals surface area contributed by atoms with Crippen LogP contribution in [0.2, 0.25) is 0 Å². The molecular weight excluding hydrogens is 372 g/mol. The molecule has 29 heavy (non-hydrogen) atoms. The molecule has 0 bridgehead atoms. The van der Waals surface area contributed by atoms with Crippen LogP contribution in [0.4, 0.5) is 0 Å². The summed E-state index contributed by atoms with van der Waals surface area (Å²) in [6.07, 6.45) is 13.0. The first-order valence-electron chi connectivity index (χ1n) is 11.6. The highest BCUT2D eigenvalue weighted by Crippen LogP contribution is 2.32. The Morgan fingerprint density at radius 1 is 0.862 bits per heavy atom. The van der Waals surface area contributed by atoms with Crippen LogP contribution in [0, 0.1) is 11.8 Å². The van der Waals surface area contributed by atoms with Crippen molar-refractivity contribution in [3.63, 3.8) is 0 Å². The highest BCUT2D eigenvalue weighted by atomic mass is 16.4. The fraction of sp³-hybridized carbons (Fsp3) is 0.913. The summed E-state index contributed by atoms with van der Waals surface area (Å²) in [5.41, 5.74) is -1.90. The predicted octanol–water partition coefficient (Wildman–Crippen LogP) is 4.76. The quantitative estimate of drug-likeness (QED) is 0.271. The van der Waals surface area contributed by atoms with Gasteiger partial charge in [-0.2, -0.15) is 0 Å². The van der Waals surface area contributed by atoms with Gasteiger partial charge in [-0.3, -0.25) is 9.59 Å². The minimum atomic E-state index is -1.90. The molecule has 0 aliphatic heterocycles. The van der Waals surface area contributed by atoms with E-state index in [1.54, 1.807) is 0 Å². The SMILES string of the molecule is CC(CCCCCCCCC(O)CC(O)(CC(=O)O)CC(=O)O)C1CCCCC1. The lowest BCUT2D eigenvalue weighted by Gasteiger charge is -2.27. The Balaban J connectivity index is 2.09. The lowest BCUT2D eigenvalue weighted by Crippen LogP contribution is -2.38. The third-order valence-electron chi connectivity index (χ3n) is 6.48. The normalized spacial score (nSPS) is 17.8. The molecule has 1 rings (SSSR count). The first-order valence-corrected chi connectivity index (χ1v) is 11.6. The largest absolute Gasteiger partial charge is 0.481 e. The van der Waals surface area contributed by atoms with Gasteiger partial charge in [0, 0.05) is 6.42 Å². The molecule has 6 heteroatoms. The zero-order chi connectivity index (χ0) is 21.7. The van der Waals surface area contributed by atoms with E-state index >= 15 is 0 Å². The third-order valence-corrected chi connectivity index (χ3v) is 6.48. The van der Waals surface area contributed by atoms with E-state index in [2.05, 4.69) is 6.92 Å². The van der Waals surface area contributed by atoms with Crippen molar-refractivity contribution in [1.29, 1.82) is 0 Å². The minimum Gasteiger partial charge on any atom is -0.481 e. The molecule has 0 aromatic heterocycles. The van der Waals surface area contributed by atoms with E-state index in [0.717, 1.165) is 31.1 Å². The van der Waals surface area contributed by atoms with E-state index in [1.807, 2.05) is 0 Å². The smallest absolute Gasteiger partial charge is 0.306 e. The summed E-state index contributed by atoms with van der Waals surface area (Å²) >= 11 is 0. The van der Waals surface area contributed by atoms with Crippen LogP contribution in [0.1, 0.15) is 110 Å². The van der Waals surface area contributed by atoms with Gasteiger partial charge in [0.25, 0.3) is 0 Å². The number of aliphatic carboxylic acids is 2. The minimum absolute atomic E-state index is 0.218. The van der Waals surface area contributed by atoms with Crippen molar-refractivity contribution < 1.29 is 30.0 Å². The molecule has 0 heterocycles. The summed E-state index contributed by atoms with van der Waals surface area (Å²) in [7, 11) is 0. The van der Waals surface area contributed by atoms with E-state index in [1.165, 1.54) is 57.8 Å². The molecule has 2 atom stereocenters. The molecule has 1 saturated carbocycles. The van der Waals surface area contributed by atoms with Gasteiger partial charge < -0.3 is 20.4 Å². The van der Waals surface area contributed by atoms with Crippen molar-refractivity contribution in [2.45, 2.75) is 121 Å². The number of hydrogen-bond acceptors (Lipinski definition) is 4. The van der Waals surface area contributed by atoms with Gasteiger partial charge in [-0.25, -0.2) is 0 Å². The number of carboxylic acids is 2. The van der Waals surface area contributed by atoms with E-state index in [4.69, 9.17) is 10.2 Å². The van der Waals surface area contributed by atoms with Crippen LogP contribution in [-0.2, 0) is 9.59 Å².